The van der Waals surface area contributed by atoms with E-state index in [1.807, 2.05) is 66.9 Å². The van der Waals surface area contributed by atoms with Crippen LogP contribution in [-0.4, -0.2) is 16.3 Å². The smallest absolute Gasteiger partial charge is 0.138 e. The molecule has 0 fully saturated rings. The Morgan fingerprint density at radius 1 is 1.08 bits per heavy atom. The zero-order valence-electron chi connectivity index (χ0n) is 19.6. The minimum absolute atomic E-state index is 0.178. The van der Waals surface area contributed by atoms with Gasteiger partial charge >= 0.3 is 0 Å². The van der Waals surface area contributed by atoms with Crippen molar-refractivity contribution in [2.75, 3.05) is 0 Å². The van der Waals surface area contributed by atoms with Gasteiger partial charge in [0.2, 0.25) is 0 Å². The summed E-state index contributed by atoms with van der Waals surface area (Å²) in [5.41, 5.74) is 4.43. The van der Waals surface area contributed by atoms with Crippen LogP contribution in [0.1, 0.15) is 35.6 Å². The minimum Gasteiger partial charge on any atom is -0.489 e. The highest BCUT2D eigenvalue weighted by molar-refractivity contribution is 6.30. The van der Waals surface area contributed by atoms with Gasteiger partial charge in [0.15, 0.2) is 0 Å². The Kier molecular flexibility index (Phi) is 5.37. The first-order valence-electron chi connectivity index (χ1n) is 11.8. The Bertz CT molecular complexity index is 1640. The van der Waals surface area contributed by atoms with Gasteiger partial charge in [-0.05, 0) is 82.6 Å². The molecule has 6 rings (SSSR count). The summed E-state index contributed by atoms with van der Waals surface area (Å²) in [4.78, 5) is 8.97. The maximum Gasteiger partial charge on any atom is 0.138 e. The average Bonchev–Trinajstić information content (AvgIpc) is 2.90. The number of ether oxygens (including phenoxy) is 1. The normalized spacial score (nSPS) is 20.5. The van der Waals surface area contributed by atoms with E-state index in [9.17, 15) is 10.4 Å². The van der Waals surface area contributed by atoms with Crippen molar-refractivity contribution in [1.29, 1.82) is 5.26 Å². The Morgan fingerprint density at radius 3 is 2.75 bits per heavy atom. The van der Waals surface area contributed by atoms with Gasteiger partial charge in [0, 0.05) is 23.4 Å². The molecule has 0 spiro atoms. The van der Waals surface area contributed by atoms with Crippen molar-refractivity contribution in [3.8, 4) is 22.9 Å². The molecular formula is C30H22ClN3O2. The number of aliphatic imine (C=N–C) groups is 1. The van der Waals surface area contributed by atoms with Crippen LogP contribution in [0.3, 0.4) is 0 Å². The first-order chi connectivity index (χ1) is 17.5. The molecule has 2 aliphatic heterocycles. The van der Waals surface area contributed by atoms with Gasteiger partial charge in [0.05, 0.1) is 17.1 Å². The summed E-state index contributed by atoms with van der Waals surface area (Å²) in [6, 6.07) is 23.1. The van der Waals surface area contributed by atoms with Gasteiger partial charge in [-0.25, -0.2) is 4.98 Å². The number of hydrogen-bond donors (Lipinski definition) is 1. The quantitative estimate of drug-likeness (QED) is 0.306. The predicted octanol–water partition coefficient (Wildman–Crippen LogP) is 6.55. The fourth-order valence-corrected chi connectivity index (χ4v) is 5.33. The molecule has 2 aliphatic rings. The van der Waals surface area contributed by atoms with Crippen molar-refractivity contribution in [2.24, 2.45) is 10.9 Å². The maximum atomic E-state index is 12.6. The lowest BCUT2D eigenvalue weighted by Gasteiger charge is -2.34. The molecule has 2 unspecified atom stereocenters. The standard InChI is InChI=1S/C30H22ClN3O2/c1-18-9-24(16-33-15-18)30(35)22-6-5-20(14-32)21(10-22)17-36-25-4-2-3-19(11-25)26-13-29(31)34-28-8-7-23(30)12-27(26)28/h2-8,10-13,15-16,18,35H,9,17H2,1H3. The monoisotopic (exact) mass is 491 g/mol. The van der Waals surface area contributed by atoms with E-state index in [4.69, 9.17) is 16.3 Å². The zero-order valence-corrected chi connectivity index (χ0v) is 20.3. The Labute approximate surface area is 214 Å². The van der Waals surface area contributed by atoms with Crippen LogP contribution in [0.5, 0.6) is 5.75 Å². The van der Waals surface area contributed by atoms with Crippen LogP contribution in [0.15, 0.2) is 83.5 Å². The summed E-state index contributed by atoms with van der Waals surface area (Å²) in [6.07, 6.45) is 4.29. The number of nitriles is 1. The molecule has 0 saturated carbocycles. The number of halogens is 1. The molecular weight excluding hydrogens is 470 g/mol. The first-order valence-corrected chi connectivity index (χ1v) is 12.2. The van der Waals surface area contributed by atoms with E-state index in [1.165, 1.54) is 0 Å². The van der Waals surface area contributed by atoms with Crippen LogP contribution in [0.2, 0.25) is 5.15 Å². The fraction of sp³-hybridized carbons (Fsp3) is 0.167. The molecule has 1 aromatic heterocycles. The second-order valence-corrected chi connectivity index (χ2v) is 9.76. The minimum atomic E-state index is -1.47. The molecule has 0 amide bonds. The van der Waals surface area contributed by atoms with Crippen LogP contribution < -0.4 is 4.74 Å². The summed E-state index contributed by atoms with van der Waals surface area (Å²) in [5.74, 6) is 0.851. The third-order valence-corrected chi connectivity index (χ3v) is 7.15. The Morgan fingerprint density at radius 2 is 1.92 bits per heavy atom. The van der Waals surface area contributed by atoms with Crippen LogP contribution in [0.25, 0.3) is 22.0 Å². The van der Waals surface area contributed by atoms with Crippen molar-refractivity contribution in [1.82, 2.24) is 4.98 Å². The van der Waals surface area contributed by atoms with Gasteiger partial charge in [-0.15, -0.1) is 0 Å². The second-order valence-electron chi connectivity index (χ2n) is 9.37. The molecule has 176 valence electrons. The van der Waals surface area contributed by atoms with Crippen molar-refractivity contribution in [2.45, 2.75) is 25.6 Å². The van der Waals surface area contributed by atoms with Crippen molar-refractivity contribution >= 4 is 28.7 Å². The summed E-state index contributed by atoms with van der Waals surface area (Å²) >= 11 is 6.41. The summed E-state index contributed by atoms with van der Waals surface area (Å²) in [7, 11) is 0. The van der Waals surface area contributed by atoms with Crippen LogP contribution in [0, 0.1) is 17.2 Å². The number of nitrogens with zero attached hydrogens (tertiary/aromatic N) is 3. The lowest BCUT2D eigenvalue weighted by Crippen LogP contribution is -2.32. The van der Waals surface area contributed by atoms with Crippen molar-refractivity contribution in [3.63, 3.8) is 0 Å². The predicted molar refractivity (Wildman–Crippen MR) is 141 cm³/mol. The van der Waals surface area contributed by atoms with E-state index in [-0.39, 0.29) is 12.5 Å². The molecule has 1 N–H and O–H groups in total. The van der Waals surface area contributed by atoms with Gasteiger partial charge in [-0.3, -0.25) is 4.99 Å². The van der Waals surface area contributed by atoms with E-state index in [1.54, 1.807) is 12.3 Å². The molecule has 3 heterocycles. The fourth-order valence-electron chi connectivity index (χ4n) is 5.13. The summed E-state index contributed by atoms with van der Waals surface area (Å²) < 4.78 is 6.14. The lowest BCUT2D eigenvalue weighted by molar-refractivity contribution is 0.115. The highest BCUT2D eigenvalue weighted by Gasteiger charge is 2.38. The number of aliphatic hydroxyl groups is 1. The molecule has 4 aromatic rings. The van der Waals surface area contributed by atoms with Crippen LogP contribution in [-0.2, 0) is 12.2 Å². The average molecular weight is 492 g/mol. The van der Waals surface area contributed by atoms with E-state index in [2.05, 4.69) is 23.0 Å². The summed E-state index contributed by atoms with van der Waals surface area (Å²) in [5, 5.41) is 23.6. The Balaban J connectivity index is 1.71. The third-order valence-electron chi connectivity index (χ3n) is 6.96. The maximum absolute atomic E-state index is 12.6. The molecule has 2 atom stereocenters. The molecule has 0 aliphatic carbocycles. The van der Waals surface area contributed by atoms with E-state index < -0.39 is 5.60 Å². The third kappa shape index (κ3) is 3.67. The van der Waals surface area contributed by atoms with Gasteiger partial charge < -0.3 is 9.84 Å². The van der Waals surface area contributed by atoms with Crippen molar-refractivity contribution in [3.05, 3.63) is 106 Å². The number of aromatic nitrogens is 1. The second kappa shape index (κ2) is 8.60. The lowest BCUT2D eigenvalue weighted by atomic mass is 9.75. The molecule has 6 bridgehead atoms. The van der Waals surface area contributed by atoms with E-state index >= 15 is 0 Å². The van der Waals surface area contributed by atoms with Gasteiger partial charge in [-0.1, -0.05) is 42.8 Å². The largest absolute Gasteiger partial charge is 0.489 e. The van der Waals surface area contributed by atoms with Gasteiger partial charge in [0.1, 0.15) is 23.1 Å². The molecule has 0 radical (unpaired) electrons. The number of benzene rings is 3. The highest BCUT2D eigenvalue weighted by atomic mass is 35.5. The molecule has 36 heavy (non-hydrogen) atoms. The Hall–Kier alpha value is -3.98. The molecule has 5 nitrogen and oxygen atoms in total. The topological polar surface area (TPSA) is 78.5 Å². The van der Waals surface area contributed by atoms with Crippen molar-refractivity contribution < 1.29 is 9.84 Å². The summed E-state index contributed by atoms with van der Waals surface area (Å²) in [6.45, 7) is 2.27. The molecule has 3 aromatic carbocycles. The molecule has 0 saturated heterocycles. The number of rotatable bonds is 1. The van der Waals surface area contributed by atoms with Crippen LogP contribution >= 0.6 is 11.6 Å². The van der Waals surface area contributed by atoms with Gasteiger partial charge in [0.25, 0.3) is 0 Å². The first kappa shape index (κ1) is 22.5. The number of pyridine rings is 1. The SMILES string of the molecule is CC1C=NC=C(C2(O)c3ccc(C#N)c(c3)COc3cccc(c3)-c3cc(Cl)nc4ccc2cc34)C1. The van der Waals surface area contributed by atoms with Crippen LogP contribution in [0.4, 0.5) is 0 Å². The van der Waals surface area contributed by atoms with E-state index in [0.717, 1.165) is 27.6 Å². The zero-order chi connectivity index (χ0) is 24.9. The van der Waals surface area contributed by atoms with Gasteiger partial charge in [-0.2, -0.15) is 5.26 Å². The molecule has 6 heteroatoms. The number of hydrogen-bond acceptors (Lipinski definition) is 5. The van der Waals surface area contributed by atoms with E-state index in [0.29, 0.717) is 39.6 Å². The number of fused-ring (bicyclic) bond motifs is 6. The highest BCUT2D eigenvalue weighted by Crippen LogP contribution is 2.43.